The molecule has 6 nitrogen and oxygen atoms in total. The topological polar surface area (TPSA) is 84.9 Å². The van der Waals surface area contributed by atoms with Crippen molar-refractivity contribution in [2.75, 3.05) is 19.8 Å². The molecule has 1 heterocycles. The average molecular weight is 403 g/mol. The van der Waals surface area contributed by atoms with Crippen LogP contribution < -0.4 is 14.2 Å². The largest absolute Gasteiger partial charge is 0.486 e. The highest BCUT2D eigenvalue weighted by atomic mass is 32.2. The molecule has 0 fully saturated rings. The molecule has 27 heavy (non-hydrogen) atoms. The number of hydrogen-bond acceptors (Lipinski definition) is 5. The average Bonchev–Trinajstić information content (AvgIpc) is 2.65. The lowest BCUT2D eigenvalue weighted by atomic mass is 10.1. The van der Waals surface area contributed by atoms with Crippen LogP contribution in [-0.2, 0) is 16.2 Å². The molecule has 0 aliphatic carbocycles. The summed E-state index contributed by atoms with van der Waals surface area (Å²) >= 11 is 0. The van der Waals surface area contributed by atoms with Crippen molar-refractivity contribution >= 4 is 10.0 Å². The van der Waals surface area contributed by atoms with Gasteiger partial charge >= 0.3 is 6.18 Å². The summed E-state index contributed by atoms with van der Waals surface area (Å²) in [6.45, 7) is 0.273. The molecule has 0 saturated carbocycles. The molecule has 0 radical (unpaired) electrons. The van der Waals surface area contributed by atoms with Crippen molar-refractivity contribution < 1.29 is 36.2 Å². The number of nitrogens with one attached hydrogen (secondary N) is 1. The van der Waals surface area contributed by atoms with E-state index in [0.717, 1.165) is 24.3 Å². The van der Waals surface area contributed by atoms with Crippen LogP contribution in [0.4, 0.5) is 13.2 Å². The SMILES string of the molecule is O=S(=O)(NC[C@@H](O)c1ccc(C(F)(F)F)cc1)c1ccc2c(c1)OCCO2. The maximum Gasteiger partial charge on any atom is 0.416 e. The first-order chi connectivity index (χ1) is 12.7. The lowest BCUT2D eigenvalue weighted by Crippen LogP contribution is -2.28. The number of hydrogen-bond donors (Lipinski definition) is 2. The number of rotatable bonds is 5. The van der Waals surface area contributed by atoms with Crippen molar-refractivity contribution in [2.24, 2.45) is 0 Å². The minimum atomic E-state index is -4.48. The Morgan fingerprint density at radius 1 is 1.04 bits per heavy atom. The second kappa shape index (κ2) is 7.37. The molecule has 2 aromatic carbocycles. The van der Waals surface area contributed by atoms with Gasteiger partial charge in [0.05, 0.1) is 16.6 Å². The summed E-state index contributed by atoms with van der Waals surface area (Å²) in [4.78, 5) is -0.0774. The zero-order chi connectivity index (χ0) is 19.7. The fraction of sp³-hybridized carbons (Fsp3) is 0.294. The fourth-order valence-corrected chi connectivity index (χ4v) is 3.53. The van der Waals surface area contributed by atoms with Gasteiger partial charge < -0.3 is 14.6 Å². The monoisotopic (exact) mass is 403 g/mol. The highest BCUT2D eigenvalue weighted by Crippen LogP contribution is 2.32. The van der Waals surface area contributed by atoms with Gasteiger partial charge in [0, 0.05) is 12.6 Å². The smallest absolute Gasteiger partial charge is 0.416 e. The zero-order valence-corrected chi connectivity index (χ0v) is 14.7. The van der Waals surface area contributed by atoms with Gasteiger partial charge in [-0.05, 0) is 29.8 Å². The van der Waals surface area contributed by atoms with Crippen molar-refractivity contribution in [1.29, 1.82) is 0 Å². The Kier molecular flexibility index (Phi) is 5.31. The Labute approximate surface area is 153 Å². The Bertz CT molecular complexity index is 913. The molecule has 10 heteroatoms. The number of fused-ring (bicyclic) bond motifs is 1. The molecule has 0 bridgehead atoms. The number of alkyl halides is 3. The quantitative estimate of drug-likeness (QED) is 0.801. The first-order valence-corrected chi connectivity index (χ1v) is 9.40. The molecular formula is C17H16F3NO5S. The van der Waals surface area contributed by atoms with E-state index < -0.39 is 34.4 Å². The Morgan fingerprint density at radius 3 is 2.30 bits per heavy atom. The Balaban J connectivity index is 1.68. The van der Waals surface area contributed by atoms with Crippen LogP contribution in [0.25, 0.3) is 0 Å². The van der Waals surface area contributed by atoms with E-state index in [9.17, 15) is 26.7 Å². The van der Waals surface area contributed by atoms with Crippen LogP contribution in [0.3, 0.4) is 0 Å². The zero-order valence-electron chi connectivity index (χ0n) is 13.9. The summed E-state index contributed by atoms with van der Waals surface area (Å²) < 4.78 is 75.3. The summed E-state index contributed by atoms with van der Waals surface area (Å²) in [5, 5.41) is 10.1. The number of ether oxygens (including phenoxy) is 2. The summed E-state index contributed by atoms with van der Waals surface area (Å²) in [6, 6.07) is 7.97. The number of halogens is 3. The van der Waals surface area contributed by atoms with Gasteiger partial charge in [0.15, 0.2) is 11.5 Å². The normalized spacial score (nSPS) is 15.4. The number of aliphatic hydroxyl groups is 1. The Morgan fingerprint density at radius 2 is 1.67 bits per heavy atom. The van der Waals surface area contributed by atoms with E-state index in [-0.39, 0.29) is 10.5 Å². The Hall–Kier alpha value is -2.30. The number of benzene rings is 2. The van der Waals surface area contributed by atoms with Gasteiger partial charge in [0.1, 0.15) is 13.2 Å². The van der Waals surface area contributed by atoms with Crippen molar-refractivity contribution in [3.05, 3.63) is 53.6 Å². The third-order valence-corrected chi connectivity index (χ3v) is 5.33. The summed E-state index contributed by atoms with van der Waals surface area (Å²) in [5.41, 5.74) is -0.691. The van der Waals surface area contributed by atoms with E-state index in [1.807, 2.05) is 0 Å². The lowest BCUT2D eigenvalue weighted by molar-refractivity contribution is -0.137. The van der Waals surface area contributed by atoms with Gasteiger partial charge in [-0.3, -0.25) is 0 Å². The second-order valence-electron chi connectivity index (χ2n) is 5.79. The van der Waals surface area contributed by atoms with E-state index in [0.29, 0.717) is 24.7 Å². The van der Waals surface area contributed by atoms with Crippen molar-refractivity contribution in [1.82, 2.24) is 4.72 Å². The van der Waals surface area contributed by atoms with Gasteiger partial charge in [-0.2, -0.15) is 13.2 Å². The molecular weight excluding hydrogens is 387 g/mol. The van der Waals surface area contributed by atoms with Crippen LogP contribution >= 0.6 is 0 Å². The van der Waals surface area contributed by atoms with Gasteiger partial charge in [0.2, 0.25) is 10.0 Å². The lowest BCUT2D eigenvalue weighted by Gasteiger charge is -2.19. The molecule has 0 spiro atoms. The van der Waals surface area contributed by atoms with Crippen LogP contribution in [0, 0.1) is 0 Å². The molecule has 0 unspecified atom stereocenters. The molecule has 146 valence electrons. The van der Waals surface area contributed by atoms with E-state index >= 15 is 0 Å². The van der Waals surface area contributed by atoms with Crippen molar-refractivity contribution in [3.8, 4) is 11.5 Å². The van der Waals surface area contributed by atoms with Crippen LogP contribution in [-0.4, -0.2) is 33.3 Å². The molecule has 0 amide bonds. The van der Waals surface area contributed by atoms with Gasteiger partial charge in [-0.1, -0.05) is 12.1 Å². The number of aliphatic hydroxyl groups excluding tert-OH is 1. The molecule has 1 aliphatic heterocycles. The van der Waals surface area contributed by atoms with Gasteiger partial charge in [-0.15, -0.1) is 0 Å². The maximum absolute atomic E-state index is 12.6. The molecule has 3 rings (SSSR count). The predicted octanol–water partition coefficient (Wildman–Crippen LogP) is 2.49. The third kappa shape index (κ3) is 4.52. The molecule has 0 saturated heterocycles. The first kappa shape index (κ1) is 19.5. The molecule has 0 aromatic heterocycles. The van der Waals surface area contributed by atoms with Crippen LogP contribution in [0.2, 0.25) is 0 Å². The fourth-order valence-electron chi connectivity index (χ4n) is 2.47. The van der Waals surface area contributed by atoms with Crippen LogP contribution in [0.5, 0.6) is 11.5 Å². The second-order valence-corrected chi connectivity index (χ2v) is 7.56. The summed E-state index contributed by atoms with van der Waals surface area (Å²) in [6.07, 6.45) is -5.79. The van der Waals surface area contributed by atoms with Gasteiger partial charge in [-0.25, -0.2) is 13.1 Å². The van der Waals surface area contributed by atoms with E-state index in [1.165, 1.54) is 18.2 Å². The van der Waals surface area contributed by atoms with Crippen molar-refractivity contribution in [2.45, 2.75) is 17.2 Å². The third-order valence-electron chi connectivity index (χ3n) is 3.91. The molecule has 1 aliphatic rings. The van der Waals surface area contributed by atoms with Crippen LogP contribution in [0.15, 0.2) is 47.4 Å². The van der Waals surface area contributed by atoms with Crippen LogP contribution in [0.1, 0.15) is 17.2 Å². The molecule has 2 aromatic rings. The van der Waals surface area contributed by atoms with E-state index in [2.05, 4.69) is 4.72 Å². The standard InChI is InChI=1S/C17H16F3NO5S/c18-17(19,20)12-3-1-11(2-4-12)14(22)10-21-27(23,24)13-5-6-15-16(9-13)26-8-7-25-15/h1-6,9,14,21-22H,7-8,10H2/t14-/m1/s1. The highest BCUT2D eigenvalue weighted by Gasteiger charge is 2.30. The summed E-state index contributed by atoms with van der Waals surface area (Å²) in [7, 11) is -3.95. The number of sulfonamides is 1. The molecule has 1 atom stereocenters. The highest BCUT2D eigenvalue weighted by molar-refractivity contribution is 7.89. The predicted molar refractivity (Wildman–Crippen MR) is 89.0 cm³/mol. The maximum atomic E-state index is 12.6. The first-order valence-electron chi connectivity index (χ1n) is 7.91. The van der Waals surface area contributed by atoms with Crippen molar-refractivity contribution in [3.63, 3.8) is 0 Å². The van der Waals surface area contributed by atoms with E-state index in [4.69, 9.17) is 9.47 Å². The summed E-state index contributed by atoms with van der Waals surface area (Å²) in [5.74, 6) is 0.734. The molecule has 2 N–H and O–H groups in total. The van der Waals surface area contributed by atoms with E-state index in [1.54, 1.807) is 0 Å². The minimum Gasteiger partial charge on any atom is -0.486 e. The van der Waals surface area contributed by atoms with Gasteiger partial charge in [0.25, 0.3) is 0 Å². The minimum absolute atomic E-state index is 0.0774.